The van der Waals surface area contributed by atoms with Gasteiger partial charge in [0.05, 0.1) is 32.4 Å². The Labute approximate surface area is 212 Å². The van der Waals surface area contributed by atoms with Crippen LogP contribution in [0, 0.1) is 6.92 Å². The molecule has 0 aliphatic rings. The van der Waals surface area contributed by atoms with Crippen molar-refractivity contribution in [3.8, 4) is 16.9 Å². The van der Waals surface area contributed by atoms with Gasteiger partial charge in [0, 0.05) is 46.3 Å². The van der Waals surface area contributed by atoms with Crippen LogP contribution in [0.2, 0.25) is 5.02 Å². The van der Waals surface area contributed by atoms with Gasteiger partial charge in [0.2, 0.25) is 0 Å². The van der Waals surface area contributed by atoms with Crippen molar-refractivity contribution in [1.82, 2.24) is 14.3 Å². The van der Waals surface area contributed by atoms with Crippen molar-refractivity contribution in [2.45, 2.75) is 33.1 Å². The summed E-state index contributed by atoms with van der Waals surface area (Å²) in [5.41, 5.74) is 4.45. The summed E-state index contributed by atoms with van der Waals surface area (Å²) in [6, 6.07) is 12.5. The lowest BCUT2D eigenvalue weighted by atomic mass is 9.99. The van der Waals surface area contributed by atoms with Crippen LogP contribution in [0.4, 0.5) is 0 Å². The fourth-order valence-corrected chi connectivity index (χ4v) is 4.54. The van der Waals surface area contributed by atoms with Gasteiger partial charge >= 0.3 is 11.9 Å². The van der Waals surface area contributed by atoms with Crippen molar-refractivity contribution in [2.24, 2.45) is 7.05 Å². The maximum atomic E-state index is 12.0. The standard InChI is InChI=1S/C26H26ClN3O6/c1-15-24(20(28-29(15)2)14-36-13-16-4-6-17(35-3)7-5-16)25-18-12-22(26(33)34)30(11-10-23(31)32)21(18)9-8-19(25)27/h4-9,12H,10-11,13-14H2,1-3H3,(H,31,32)(H,33,34). The number of benzene rings is 2. The second kappa shape index (κ2) is 10.4. The quantitative estimate of drug-likeness (QED) is 0.311. The molecule has 0 radical (unpaired) electrons. The van der Waals surface area contributed by atoms with Gasteiger partial charge in [0.1, 0.15) is 11.4 Å². The van der Waals surface area contributed by atoms with Gasteiger partial charge in [0.15, 0.2) is 0 Å². The zero-order chi connectivity index (χ0) is 26.0. The number of aryl methyl sites for hydroxylation is 2. The summed E-state index contributed by atoms with van der Waals surface area (Å²) in [4.78, 5) is 23.1. The highest BCUT2D eigenvalue weighted by Crippen LogP contribution is 2.40. The predicted octanol–water partition coefficient (Wildman–Crippen LogP) is 4.90. The van der Waals surface area contributed by atoms with E-state index in [1.165, 1.54) is 10.6 Å². The Hall–Kier alpha value is -3.82. The fraction of sp³-hybridized carbons (Fsp3) is 0.269. The number of halogens is 1. The second-order valence-corrected chi connectivity index (χ2v) is 8.76. The van der Waals surface area contributed by atoms with Crippen LogP contribution in [0.15, 0.2) is 42.5 Å². The number of hydrogen-bond donors (Lipinski definition) is 2. The van der Waals surface area contributed by atoms with Crippen LogP contribution in [-0.2, 0) is 36.3 Å². The molecule has 0 amide bonds. The number of hydrogen-bond acceptors (Lipinski definition) is 5. The van der Waals surface area contributed by atoms with Crippen LogP contribution < -0.4 is 4.74 Å². The molecule has 0 saturated heterocycles. The third-order valence-electron chi connectivity index (χ3n) is 6.13. The molecular formula is C26H26ClN3O6. The van der Waals surface area contributed by atoms with E-state index in [1.807, 2.05) is 38.2 Å². The maximum Gasteiger partial charge on any atom is 0.352 e. The molecule has 0 atom stereocenters. The number of aromatic carboxylic acids is 1. The number of methoxy groups -OCH3 is 1. The van der Waals surface area contributed by atoms with Crippen LogP contribution in [0.5, 0.6) is 5.75 Å². The van der Waals surface area contributed by atoms with E-state index >= 15 is 0 Å². The van der Waals surface area contributed by atoms with E-state index < -0.39 is 11.9 Å². The molecule has 0 aliphatic heterocycles. The van der Waals surface area contributed by atoms with Gasteiger partial charge in [-0.25, -0.2) is 4.79 Å². The Bertz CT molecular complexity index is 1440. The van der Waals surface area contributed by atoms with Crippen LogP contribution in [-0.4, -0.2) is 43.6 Å². The van der Waals surface area contributed by atoms with E-state index in [-0.39, 0.29) is 25.3 Å². The average molecular weight is 512 g/mol. The Balaban J connectivity index is 1.74. The molecule has 0 saturated carbocycles. The summed E-state index contributed by atoms with van der Waals surface area (Å²) in [7, 11) is 3.43. The lowest BCUT2D eigenvalue weighted by Crippen LogP contribution is -2.11. The van der Waals surface area contributed by atoms with Gasteiger partial charge in [0.25, 0.3) is 0 Å². The number of carboxylic acid groups (broad SMARTS) is 2. The maximum absolute atomic E-state index is 12.0. The first-order valence-corrected chi connectivity index (χ1v) is 11.6. The molecule has 2 aromatic heterocycles. The molecule has 0 spiro atoms. The van der Waals surface area contributed by atoms with Crippen LogP contribution >= 0.6 is 11.6 Å². The molecule has 10 heteroatoms. The van der Waals surface area contributed by atoms with E-state index in [1.54, 1.807) is 23.9 Å². The van der Waals surface area contributed by atoms with Crippen molar-refractivity contribution >= 4 is 34.4 Å². The number of aromatic nitrogens is 3. The Morgan fingerprint density at radius 3 is 2.42 bits per heavy atom. The number of rotatable bonds is 10. The molecule has 36 heavy (non-hydrogen) atoms. The van der Waals surface area contributed by atoms with Crippen LogP contribution in [0.3, 0.4) is 0 Å². The van der Waals surface area contributed by atoms with Gasteiger partial charge in [-0.1, -0.05) is 23.7 Å². The van der Waals surface area contributed by atoms with Gasteiger partial charge in [-0.3, -0.25) is 9.48 Å². The minimum Gasteiger partial charge on any atom is -0.497 e. The van der Waals surface area contributed by atoms with Gasteiger partial charge < -0.3 is 24.3 Å². The third-order valence-corrected chi connectivity index (χ3v) is 6.44. The van der Waals surface area contributed by atoms with Gasteiger partial charge in [-0.15, -0.1) is 0 Å². The molecule has 0 unspecified atom stereocenters. The molecule has 9 nitrogen and oxygen atoms in total. The van der Waals surface area contributed by atoms with Crippen molar-refractivity contribution in [3.63, 3.8) is 0 Å². The molecule has 4 rings (SSSR count). The molecule has 2 N–H and O–H groups in total. The first kappa shape index (κ1) is 25.3. The van der Waals surface area contributed by atoms with Crippen molar-refractivity contribution in [3.05, 3.63) is 70.1 Å². The number of carboxylic acids is 2. The Morgan fingerprint density at radius 1 is 1.06 bits per heavy atom. The minimum absolute atomic E-state index is 0.00591. The highest BCUT2D eigenvalue weighted by molar-refractivity contribution is 6.35. The zero-order valence-electron chi connectivity index (χ0n) is 20.1. The lowest BCUT2D eigenvalue weighted by molar-refractivity contribution is -0.137. The zero-order valence-corrected chi connectivity index (χ0v) is 20.9. The minimum atomic E-state index is -1.15. The highest BCUT2D eigenvalue weighted by atomic mass is 35.5. The average Bonchev–Trinajstić information content (AvgIpc) is 3.35. The first-order valence-electron chi connectivity index (χ1n) is 11.2. The number of aliphatic carboxylic acids is 1. The van der Waals surface area contributed by atoms with E-state index in [2.05, 4.69) is 5.10 Å². The second-order valence-electron chi connectivity index (χ2n) is 8.36. The van der Waals surface area contributed by atoms with Crippen LogP contribution in [0.1, 0.15) is 33.9 Å². The van der Waals surface area contributed by atoms with E-state index in [0.717, 1.165) is 22.6 Å². The number of nitrogens with zero attached hydrogens (tertiary/aromatic N) is 3. The normalized spacial score (nSPS) is 11.2. The summed E-state index contributed by atoms with van der Waals surface area (Å²) in [6.07, 6.45) is -0.210. The fourth-order valence-electron chi connectivity index (χ4n) is 4.28. The molecule has 0 fully saturated rings. The Kier molecular flexibility index (Phi) is 7.32. The van der Waals surface area contributed by atoms with Crippen LogP contribution in [0.25, 0.3) is 22.0 Å². The number of ether oxygens (including phenoxy) is 2. The molecule has 4 aromatic rings. The van der Waals surface area contributed by atoms with E-state index in [0.29, 0.717) is 33.8 Å². The summed E-state index contributed by atoms with van der Waals surface area (Å²) in [5.74, 6) is -1.40. The summed E-state index contributed by atoms with van der Waals surface area (Å²) >= 11 is 6.68. The topological polar surface area (TPSA) is 116 Å². The van der Waals surface area contributed by atoms with Gasteiger partial charge in [-0.2, -0.15) is 5.10 Å². The predicted molar refractivity (Wildman–Crippen MR) is 135 cm³/mol. The lowest BCUT2D eigenvalue weighted by Gasteiger charge is -2.11. The van der Waals surface area contributed by atoms with Crippen molar-refractivity contribution in [2.75, 3.05) is 7.11 Å². The molecule has 0 aliphatic carbocycles. The Morgan fingerprint density at radius 2 is 1.78 bits per heavy atom. The van der Waals surface area contributed by atoms with Crippen molar-refractivity contribution < 1.29 is 29.3 Å². The number of fused-ring (bicyclic) bond motifs is 1. The summed E-state index contributed by atoms with van der Waals surface area (Å²) in [5, 5.41) is 24.6. The smallest absolute Gasteiger partial charge is 0.352 e. The SMILES string of the molecule is COc1ccc(COCc2nn(C)c(C)c2-c2c(Cl)ccc3c2cc(C(=O)O)n3CCC(=O)O)cc1. The monoisotopic (exact) mass is 511 g/mol. The molecule has 0 bridgehead atoms. The van der Waals surface area contributed by atoms with E-state index in [4.69, 9.17) is 26.2 Å². The summed E-state index contributed by atoms with van der Waals surface area (Å²) in [6.45, 7) is 2.50. The highest BCUT2D eigenvalue weighted by Gasteiger charge is 2.24. The summed E-state index contributed by atoms with van der Waals surface area (Å²) < 4.78 is 14.4. The molecule has 2 aromatic carbocycles. The molecular weight excluding hydrogens is 486 g/mol. The molecule has 188 valence electrons. The van der Waals surface area contributed by atoms with Gasteiger partial charge in [-0.05, 0) is 42.8 Å². The largest absolute Gasteiger partial charge is 0.497 e. The third kappa shape index (κ3) is 4.93. The first-order chi connectivity index (χ1) is 17.2. The number of carbonyl (C=O) groups is 2. The molecule has 2 heterocycles. The van der Waals surface area contributed by atoms with E-state index in [9.17, 15) is 14.7 Å². The van der Waals surface area contributed by atoms with Crippen molar-refractivity contribution in [1.29, 1.82) is 0 Å².